The van der Waals surface area contributed by atoms with Crippen molar-refractivity contribution in [1.29, 1.82) is 0 Å². The summed E-state index contributed by atoms with van der Waals surface area (Å²) in [5.74, 6) is 0. The smallest absolute Gasteiger partial charge is 0.130 e. The van der Waals surface area contributed by atoms with Gasteiger partial charge in [-0.25, -0.2) is 0 Å². The van der Waals surface area contributed by atoms with Crippen LogP contribution in [-0.2, 0) is 0 Å². The Morgan fingerprint density at radius 1 is 0.938 bits per heavy atom. The van der Waals surface area contributed by atoms with E-state index in [1.54, 1.807) is 0 Å². The lowest BCUT2D eigenvalue weighted by Crippen LogP contribution is -2.41. The first-order valence-corrected chi connectivity index (χ1v) is 6.58. The molecule has 0 aromatic rings. The van der Waals surface area contributed by atoms with Crippen LogP contribution in [0, 0.1) is 0 Å². The molecule has 0 amide bonds. The van der Waals surface area contributed by atoms with E-state index in [4.69, 9.17) is 10.2 Å². The Labute approximate surface area is 98.6 Å². The highest BCUT2D eigenvalue weighted by Gasteiger charge is 2.16. The fraction of sp³-hybridized carbons (Fsp3) is 1.00. The van der Waals surface area contributed by atoms with E-state index >= 15 is 0 Å². The Hall–Kier alpha value is -0.160. The molecule has 0 radical (unpaired) electrons. The van der Waals surface area contributed by atoms with E-state index in [-0.39, 0.29) is 6.61 Å². The zero-order chi connectivity index (χ0) is 11.6. The lowest BCUT2D eigenvalue weighted by atomic mass is 10.1. The summed E-state index contributed by atoms with van der Waals surface area (Å²) >= 11 is 0. The molecule has 2 rings (SSSR count). The van der Waals surface area contributed by atoms with Crippen molar-refractivity contribution in [2.75, 3.05) is 32.8 Å². The van der Waals surface area contributed by atoms with Gasteiger partial charge in [-0.2, -0.15) is 0 Å². The van der Waals surface area contributed by atoms with Crippen LogP contribution in [0.15, 0.2) is 0 Å². The zero-order valence-electron chi connectivity index (χ0n) is 10.2. The predicted molar refractivity (Wildman–Crippen MR) is 65.2 cm³/mol. The molecule has 0 spiro atoms. The summed E-state index contributed by atoms with van der Waals surface area (Å²) in [4.78, 5) is 1.92. The van der Waals surface area contributed by atoms with Gasteiger partial charge in [-0.05, 0) is 38.8 Å². The van der Waals surface area contributed by atoms with Crippen LogP contribution in [-0.4, -0.2) is 54.1 Å². The molecule has 1 unspecified atom stereocenters. The molecule has 0 aromatic heterocycles. The van der Waals surface area contributed by atoms with Crippen molar-refractivity contribution in [3.8, 4) is 0 Å². The van der Waals surface area contributed by atoms with Crippen molar-refractivity contribution in [3.63, 3.8) is 0 Å². The Balaban J connectivity index is 0.000000181. The van der Waals surface area contributed by atoms with E-state index in [0.717, 1.165) is 25.9 Å². The Morgan fingerprint density at radius 3 is 1.88 bits per heavy atom. The summed E-state index contributed by atoms with van der Waals surface area (Å²) in [6.07, 6.45) is 7.15. The fourth-order valence-electron chi connectivity index (χ4n) is 2.13. The van der Waals surface area contributed by atoms with Gasteiger partial charge in [0.25, 0.3) is 0 Å². The second-order valence-corrected chi connectivity index (χ2v) is 4.57. The van der Waals surface area contributed by atoms with Crippen molar-refractivity contribution < 1.29 is 10.2 Å². The van der Waals surface area contributed by atoms with Crippen LogP contribution >= 0.6 is 0 Å². The third kappa shape index (κ3) is 5.80. The highest BCUT2D eigenvalue weighted by molar-refractivity contribution is 4.66. The lowest BCUT2D eigenvalue weighted by molar-refractivity contribution is -0.0430. The van der Waals surface area contributed by atoms with Crippen LogP contribution < -0.4 is 5.32 Å². The Bertz CT molecular complexity index is 146. The van der Waals surface area contributed by atoms with Gasteiger partial charge in [0, 0.05) is 13.1 Å². The minimum atomic E-state index is -0.625. The molecule has 2 aliphatic rings. The predicted octanol–water partition coefficient (Wildman–Crippen LogP) is 0.543. The van der Waals surface area contributed by atoms with Crippen molar-refractivity contribution >= 4 is 0 Å². The van der Waals surface area contributed by atoms with Gasteiger partial charge in [-0.3, -0.25) is 4.90 Å². The van der Waals surface area contributed by atoms with Crippen LogP contribution in [0.4, 0.5) is 0 Å². The first-order chi connectivity index (χ1) is 7.84. The number of nitrogens with zero attached hydrogens (tertiary/aromatic N) is 1. The number of piperidine rings is 2. The topological polar surface area (TPSA) is 55.7 Å². The van der Waals surface area contributed by atoms with E-state index in [0.29, 0.717) is 0 Å². The van der Waals surface area contributed by atoms with Crippen molar-refractivity contribution in [2.45, 2.75) is 44.8 Å². The maximum absolute atomic E-state index is 9.16. The van der Waals surface area contributed by atoms with Gasteiger partial charge in [0.1, 0.15) is 6.23 Å². The summed E-state index contributed by atoms with van der Waals surface area (Å²) in [6, 6.07) is 0. The second-order valence-electron chi connectivity index (χ2n) is 4.57. The van der Waals surface area contributed by atoms with Crippen LogP contribution in [0.25, 0.3) is 0 Å². The molecular formula is C12H26N2O2. The quantitative estimate of drug-likeness (QED) is 0.648. The summed E-state index contributed by atoms with van der Waals surface area (Å²) in [5.41, 5.74) is 0. The van der Waals surface area contributed by atoms with Crippen molar-refractivity contribution in [1.82, 2.24) is 10.2 Å². The van der Waals surface area contributed by atoms with Crippen LogP contribution in [0.2, 0.25) is 0 Å². The molecular weight excluding hydrogens is 204 g/mol. The zero-order valence-corrected chi connectivity index (χ0v) is 10.2. The maximum Gasteiger partial charge on any atom is 0.130 e. The molecule has 2 aliphatic heterocycles. The molecule has 96 valence electrons. The van der Waals surface area contributed by atoms with Gasteiger partial charge in [0.15, 0.2) is 0 Å². The maximum atomic E-state index is 9.16. The first-order valence-electron chi connectivity index (χ1n) is 6.58. The number of rotatable bonds is 2. The number of hydrogen-bond acceptors (Lipinski definition) is 4. The molecule has 2 saturated heterocycles. The standard InChI is InChI=1S/C7H15NO2.C5H11N/c9-6-7(10)8-4-2-1-3-5-8;1-2-4-6-5-3-1/h7,9-10H,1-6H2;6H,1-5H2. The van der Waals surface area contributed by atoms with Crippen molar-refractivity contribution in [3.05, 3.63) is 0 Å². The Kier molecular flexibility index (Phi) is 7.76. The molecule has 0 aromatic carbocycles. The van der Waals surface area contributed by atoms with E-state index < -0.39 is 6.23 Å². The minimum Gasteiger partial charge on any atom is -0.392 e. The number of aliphatic hydroxyl groups excluding tert-OH is 2. The molecule has 4 nitrogen and oxygen atoms in total. The highest BCUT2D eigenvalue weighted by Crippen LogP contribution is 2.10. The van der Waals surface area contributed by atoms with Crippen LogP contribution in [0.1, 0.15) is 38.5 Å². The summed E-state index contributed by atoms with van der Waals surface area (Å²) in [5, 5.41) is 21.0. The van der Waals surface area contributed by atoms with E-state index in [2.05, 4.69) is 5.32 Å². The van der Waals surface area contributed by atoms with E-state index in [9.17, 15) is 0 Å². The second kappa shape index (κ2) is 8.93. The molecule has 0 aliphatic carbocycles. The molecule has 16 heavy (non-hydrogen) atoms. The highest BCUT2D eigenvalue weighted by atomic mass is 16.3. The van der Waals surface area contributed by atoms with Gasteiger partial charge >= 0.3 is 0 Å². The minimum absolute atomic E-state index is 0.139. The van der Waals surface area contributed by atoms with Crippen LogP contribution in [0.3, 0.4) is 0 Å². The van der Waals surface area contributed by atoms with Gasteiger partial charge in [0.2, 0.25) is 0 Å². The summed E-state index contributed by atoms with van der Waals surface area (Å²) < 4.78 is 0. The lowest BCUT2D eigenvalue weighted by Gasteiger charge is -2.29. The molecule has 0 saturated carbocycles. The Morgan fingerprint density at radius 2 is 1.50 bits per heavy atom. The number of aliphatic hydroxyl groups is 2. The average molecular weight is 230 g/mol. The van der Waals surface area contributed by atoms with E-state index in [1.165, 1.54) is 38.8 Å². The van der Waals surface area contributed by atoms with Gasteiger partial charge < -0.3 is 15.5 Å². The molecule has 2 fully saturated rings. The summed E-state index contributed by atoms with van der Waals surface area (Å²) in [6.45, 7) is 4.23. The van der Waals surface area contributed by atoms with E-state index in [1.807, 2.05) is 4.90 Å². The first kappa shape index (κ1) is 13.9. The average Bonchev–Trinajstić information content (AvgIpc) is 2.41. The molecule has 2 heterocycles. The molecule has 1 atom stereocenters. The number of hydrogen-bond donors (Lipinski definition) is 3. The molecule has 4 heteroatoms. The summed E-state index contributed by atoms with van der Waals surface area (Å²) in [7, 11) is 0. The fourth-order valence-corrected chi connectivity index (χ4v) is 2.13. The SMILES string of the molecule is C1CCNCC1.OCC(O)N1CCCCC1. The van der Waals surface area contributed by atoms with Crippen LogP contribution in [0.5, 0.6) is 0 Å². The third-order valence-corrected chi connectivity index (χ3v) is 3.18. The number of likely N-dealkylation sites (tertiary alicyclic amines) is 1. The molecule has 0 bridgehead atoms. The normalized spacial score (nSPS) is 24.4. The third-order valence-electron chi connectivity index (χ3n) is 3.18. The number of nitrogens with one attached hydrogen (secondary N) is 1. The molecule has 3 N–H and O–H groups in total. The largest absolute Gasteiger partial charge is 0.392 e. The van der Waals surface area contributed by atoms with Crippen molar-refractivity contribution in [2.24, 2.45) is 0 Å². The van der Waals surface area contributed by atoms with Gasteiger partial charge in [0.05, 0.1) is 6.61 Å². The van der Waals surface area contributed by atoms with Gasteiger partial charge in [-0.1, -0.05) is 12.8 Å². The van der Waals surface area contributed by atoms with Gasteiger partial charge in [-0.15, -0.1) is 0 Å². The monoisotopic (exact) mass is 230 g/mol.